The summed E-state index contributed by atoms with van der Waals surface area (Å²) in [5.74, 6) is 1.86. The summed E-state index contributed by atoms with van der Waals surface area (Å²) in [6.45, 7) is 1.53. The fourth-order valence-corrected chi connectivity index (χ4v) is 3.10. The van der Waals surface area contributed by atoms with E-state index in [4.69, 9.17) is 9.26 Å². The number of hydrogen-bond acceptors (Lipinski definition) is 7. The van der Waals surface area contributed by atoms with Gasteiger partial charge in [-0.05, 0) is 25.0 Å². The van der Waals surface area contributed by atoms with Gasteiger partial charge in [0.1, 0.15) is 5.82 Å². The Balaban J connectivity index is 1.53. The third-order valence-corrected chi connectivity index (χ3v) is 4.40. The monoisotopic (exact) mass is 355 g/mol. The minimum atomic E-state index is -0.326. The number of rotatable bonds is 4. The second-order valence-electron chi connectivity index (χ2n) is 6.15. The van der Waals surface area contributed by atoms with Crippen molar-refractivity contribution in [1.29, 1.82) is 0 Å². The minimum absolute atomic E-state index is 0.0772. The van der Waals surface area contributed by atoms with Crippen LogP contribution in [0.15, 0.2) is 41.1 Å². The Labute approximate surface area is 149 Å². The smallest absolute Gasteiger partial charge is 0.231 e. The first kappa shape index (κ1) is 16.4. The van der Waals surface area contributed by atoms with E-state index < -0.39 is 0 Å². The molecule has 1 unspecified atom stereocenters. The maximum Gasteiger partial charge on any atom is 0.231 e. The van der Waals surface area contributed by atoms with Crippen molar-refractivity contribution in [1.82, 2.24) is 20.1 Å². The maximum absolute atomic E-state index is 13.4. The van der Waals surface area contributed by atoms with E-state index in [1.165, 1.54) is 12.1 Å². The molecule has 8 heteroatoms. The Bertz CT molecular complexity index is 901. The van der Waals surface area contributed by atoms with E-state index >= 15 is 0 Å². The van der Waals surface area contributed by atoms with Crippen LogP contribution in [-0.4, -0.2) is 40.3 Å². The van der Waals surface area contributed by atoms with Crippen molar-refractivity contribution < 1.29 is 13.7 Å². The zero-order valence-electron chi connectivity index (χ0n) is 14.3. The van der Waals surface area contributed by atoms with Crippen LogP contribution in [-0.2, 0) is 0 Å². The first-order valence-electron chi connectivity index (χ1n) is 8.44. The Morgan fingerprint density at radius 2 is 2.19 bits per heavy atom. The molecule has 134 valence electrons. The number of ether oxygens (including phenoxy) is 1. The minimum Gasteiger partial charge on any atom is -0.481 e. The first-order chi connectivity index (χ1) is 12.7. The van der Waals surface area contributed by atoms with Crippen LogP contribution in [0.4, 0.5) is 10.3 Å². The van der Waals surface area contributed by atoms with Crippen molar-refractivity contribution in [3.8, 4) is 17.3 Å². The Morgan fingerprint density at radius 3 is 3.04 bits per heavy atom. The van der Waals surface area contributed by atoms with Gasteiger partial charge in [-0.2, -0.15) is 9.97 Å². The van der Waals surface area contributed by atoms with Crippen LogP contribution in [0.1, 0.15) is 24.7 Å². The second-order valence-corrected chi connectivity index (χ2v) is 6.15. The molecule has 0 saturated carbocycles. The fourth-order valence-electron chi connectivity index (χ4n) is 3.10. The van der Waals surface area contributed by atoms with Gasteiger partial charge in [0, 0.05) is 30.9 Å². The number of benzene rings is 1. The van der Waals surface area contributed by atoms with Gasteiger partial charge in [-0.25, -0.2) is 9.37 Å². The zero-order valence-corrected chi connectivity index (χ0v) is 14.3. The van der Waals surface area contributed by atoms with E-state index in [1.54, 1.807) is 31.5 Å². The maximum atomic E-state index is 13.4. The molecule has 4 rings (SSSR count). The lowest BCUT2D eigenvalue weighted by atomic mass is 9.98. The van der Waals surface area contributed by atoms with Gasteiger partial charge in [-0.15, -0.1) is 0 Å². The molecule has 0 radical (unpaired) electrons. The average Bonchev–Trinajstić information content (AvgIpc) is 3.18. The lowest BCUT2D eigenvalue weighted by molar-refractivity contribution is 0.332. The molecule has 0 amide bonds. The summed E-state index contributed by atoms with van der Waals surface area (Å²) in [7, 11) is 1.58. The quantitative estimate of drug-likeness (QED) is 0.712. The molecule has 1 saturated heterocycles. The summed E-state index contributed by atoms with van der Waals surface area (Å²) < 4.78 is 24.0. The molecule has 1 aliphatic heterocycles. The number of hydrogen-bond donors (Lipinski definition) is 0. The van der Waals surface area contributed by atoms with Crippen molar-refractivity contribution in [2.24, 2.45) is 0 Å². The summed E-state index contributed by atoms with van der Waals surface area (Å²) in [5, 5.41) is 4.01. The molecule has 26 heavy (non-hydrogen) atoms. The molecule has 7 nitrogen and oxygen atoms in total. The predicted molar refractivity (Wildman–Crippen MR) is 92.5 cm³/mol. The Hall–Kier alpha value is -3.03. The Morgan fingerprint density at radius 1 is 1.27 bits per heavy atom. The zero-order chi connectivity index (χ0) is 17.9. The summed E-state index contributed by atoms with van der Waals surface area (Å²) in [6, 6.07) is 7.88. The van der Waals surface area contributed by atoms with Crippen molar-refractivity contribution in [3.05, 3.63) is 48.2 Å². The van der Waals surface area contributed by atoms with E-state index in [0.29, 0.717) is 35.7 Å². The molecule has 1 aliphatic rings. The molecular formula is C18H18FN5O2. The van der Waals surface area contributed by atoms with E-state index in [1.807, 2.05) is 0 Å². The van der Waals surface area contributed by atoms with Crippen LogP contribution in [0.25, 0.3) is 11.4 Å². The largest absolute Gasteiger partial charge is 0.481 e. The van der Waals surface area contributed by atoms with Gasteiger partial charge in [0.05, 0.1) is 13.0 Å². The highest BCUT2D eigenvalue weighted by Gasteiger charge is 2.27. The third kappa shape index (κ3) is 3.35. The molecule has 3 heterocycles. The number of piperidine rings is 1. The van der Waals surface area contributed by atoms with Crippen molar-refractivity contribution in [2.45, 2.75) is 18.8 Å². The van der Waals surface area contributed by atoms with E-state index in [2.05, 4.69) is 25.0 Å². The van der Waals surface area contributed by atoms with Crippen LogP contribution in [0.3, 0.4) is 0 Å². The summed E-state index contributed by atoms with van der Waals surface area (Å²) >= 11 is 0. The molecule has 1 aromatic carbocycles. The number of nitrogens with zero attached hydrogens (tertiary/aromatic N) is 5. The van der Waals surface area contributed by atoms with E-state index in [-0.39, 0.29) is 11.7 Å². The first-order valence-corrected chi connectivity index (χ1v) is 8.44. The van der Waals surface area contributed by atoms with Gasteiger partial charge in [0.2, 0.25) is 23.5 Å². The molecule has 3 aromatic rings. The number of halogens is 1. The molecule has 2 aromatic heterocycles. The molecule has 0 N–H and O–H groups in total. The van der Waals surface area contributed by atoms with Crippen molar-refractivity contribution in [2.75, 3.05) is 25.1 Å². The summed E-state index contributed by atoms with van der Waals surface area (Å²) in [6.07, 6.45) is 3.58. The van der Waals surface area contributed by atoms with Crippen LogP contribution in [0, 0.1) is 5.82 Å². The van der Waals surface area contributed by atoms with Crippen LogP contribution < -0.4 is 9.64 Å². The third-order valence-electron chi connectivity index (χ3n) is 4.40. The molecule has 1 atom stereocenters. The van der Waals surface area contributed by atoms with Gasteiger partial charge < -0.3 is 14.2 Å². The predicted octanol–water partition coefficient (Wildman–Crippen LogP) is 3.06. The van der Waals surface area contributed by atoms with E-state index in [9.17, 15) is 4.39 Å². The lowest BCUT2D eigenvalue weighted by Crippen LogP contribution is -2.35. The highest BCUT2D eigenvalue weighted by Crippen LogP contribution is 2.29. The lowest BCUT2D eigenvalue weighted by Gasteiger charge is -2.30. The van der Waals surface area contributed by atoms with Gasteiger partial charge in [0.15, 0.2) is 0 Å². The molecule has 0 aliphatic carbocycles. The summed E-state index contributed by atoms with van der Waals surface area (Å²) in [5.41, 5.74) is 0.601. The molecule has 1 fully saturated rings. The van der Waals surface area contributed by atoms with Crippen LogP contribution in [0.5, 0.6) is 5.88 Å². The molecule has 0 bridgehead atoms. The SMILES string of the molecule is COc1ccnc(N2CCCC(c3nc(-c4cccc(F)c4)no3)C2)n1. The molecular weight excluding hydrogens is 337 g/mol. The number of anilines is 1. The molecule has 0 spiro atoms. The van der Waals surface area contributed by atoms with Gasteiger partial charge in [-0.1, -0.05) is 17.3 Å². The number of methoxy groups -OCH3 is 1. The standard InChI is InChI=1S/C18H18FN5O2/c1-25-15-7-8-20-18(21-15)24-9-3-5-13(11-24)17-22-16(23-26-17)12-4-2-6-14(19)10-12/h2,4,6-8,10,13H,3,5,9,11H2,1H3. The van der Waals surface area contributed by atoms with Crippen LogP contribution >= 0.6 is 0 Å². The van der Waals surface area contributed by atoms with Crippen molar-refractivity contribution in [3.63, 3.8) is 0 Å². The van der Waals surface area contributed by atoms with E-state index in [0.717, 1.165) is 19.4 Å². The highest BCUT2D eigenvalue weighted by atomic mass is 19.1. The van der Waals surface area contributed by atoms with Crippen LogP contribution in [0.2, 0.25) is 0 Å². The van der Waals surface area contributed by atoms with Crippen molar-refractivity contribution >= 4 is 5.95 Å². The summed E-state index contributed by atoms with van der Waals surface area (Å²) in [4.78, 5) is 15.3. The average molecular weight is 355 g/mol. The second kappa shape index (κ2) is 7.07. The fraction of sp³-hybridized carbons (Fsp3) is 0.333. The highest BCUT2D eigenvalue weighted by molar-refractivity contribution is 5.54. The Kier molecular flexibility index (Phi) is 4.47. The van der Waals surface area contributed by atoms with Gasteiger partial charge in [0.25, 0.3) is 0 Å². The van der Waals surface area contributed by atoms with Gasteiger partial charge >= 0.3 is 0 Å². The number of aromatic nitrogens is 4. The topological polar surface area (TPSA) is 77.2 Å². The van der Waals surface area contributed by atoms with Gasteiger partial charge in [-0.3, -0.25) is 0 Å². The normalized spacial score (nSPS) is 17.3.